The van der Waals surface area contributed by atoms with Gasteiger partial charge in [0.15, 0.2) is 5.69 Å². The standard InChI is InChI=1S/C10H6F4N4O/c11-7-2-1-5(3-16-7)18-8(10(12,13)14)6(4-17-18)9(15)19/h1-4H,(H2,15,19). The number of amides is 1. The van der Waals surface area contributed by atoms with Crippen molar-refractivity contribution in [1.29, 1.82) is 0 Å². The third kappa shape index (κ3) is 2.39. The molecule has 2 heterocycles. The van der Waals surface area contributed by atoms with Crippen LogP contribution in [0.15, 0.2) is 24.5 Å². The molecule has 0 aliphatic carbocycles. The van der Waals surface area contributed by atoms with Gasteiger partial charge in [0.2, 0.25) is 5.95 Å². The van der Waals surface area contributed by atoms with Gasteiger partial charge >= 0.3 is 6.18 Å². The smallest absolute Gasteiger partial charge is 0.365 e. The van der Waals surface area contributed by atoms with Crippen LogP contribution in [-0.2, 0) is 6.18 Å². The Balaban J connectivity index is 2.64. The van der Waals surface area contributed by atoms with Crippen LogP contribution in [0.4, 0.5) is 17.6 Å². The summed E-state index contributed by atoms with van der Waals surface area (Å²) in [5.74, 6) is -2.10. The highest BCUT2D eigenvalue weighted by molar-refractivity contribution is 5.94. The Hall–Kier alpha value is -2.45. The van der Waals surface area contributed by atoms with E-state index in [4.69, 9.17) is 5.73 Å². The molecule has 0 aliphatic rings. The van der Waals surface area contributed by atoms with E-state index in [0.717, 1.165) is 18.3 Å². The predicted octanol–water partition coefficient (Wildman–Crippen LogP) is 1.52. The summed E-state index contributed by atoms with van der Waals surface area (Å²) in [5.41, 5.74) is 2.63. The maximum Gasteiger partial charge on any atom is 0.434 e. The number of rotatable bonds is 2. The zero-order valence-electron chi connectivity index (χ0n) is 9.15. The molecule has 2 aromatic heterocycles. The molecule has 2 rings (SSSR count). The number of hydrogen-bond donors (Lipinski definition) is 1. The maximum absolute atomic E-state index is 12.9. The van der Waals surface area contributed by atoms with Crippen LogP contribution in [0.2, 0.25) is 0 Å². The second-order valence-electron chi connectivity index (χ2n) is 3.52. The van der Waals surface area contributed by atoms with E-state index in [9.17, 15) is 22.4 Å². The predicted molar refractivity (Wildman–Crippen MR) is 54.8 cm³/mol. The highest BCUT2D eigenvalue weighted by atomic mass is 19.4. The molecule has 0 unspecified atom stereocenters. The van der Waals surface area contributed by atoms with Crippen molar-refractivity contribution in [3.63, 3.8) is 0 Å². The molecule has 9 heteroatoms. The van der Waals surface area contributed by atoms with Crippen molar-refractivity contribution in [2.45, 2.75) is 6.18 Å². The highest BCUT2D eigenvalue weighted by Crippen LogP contribution is 2.33. The van der Waals surface area contributed by atoms with Crippen LogP contribution in [-0.4, -0.2) is 20.7 Å². The van der Waals surface area contributed by atoms with E-state index in [0.29, 0.717) is 10.9 Å². The van der Waals surface area contributed by atoms with Gasteiger partial charge in [-0.15, -0.1) is 0 Å². The van der Waals surface area contributed by atoms with Gasteiger partial charge in [0, 0.05) is 0 Å². The fourth-order valence-corrected chi connectivity index (χ4v) is 1.49. The first-order valence-corrected chi connectivity index (χ1v) is 4.87. The Morgan fingerprint density at radius 1 is 1.26 bits per heavy atom. The topological polar surface area (TPSA) is 73.8 Å². The van der Waals surface area contributed by atoms with Crippen molar-refractivity contribution in [2.75, 3.05) is 0 Å². The molecule has 19 heavy (non-hydrogen) atoms. The van der Waals surface area contributed by atoms with E-state index in [-0.39, 0.29) is 5.69 Å². The zero-order valence-corrected chi connectivity index (χ0v) is 9.15. The van der Waals surface area contributed by atoms with Crippen molar-refractivity contribution in [1.82, 2.24) is 14.8 Å². The summed E-state index contributed by atoms with van der Waals surface area (Å²) in [6.45, 7) is 0. The first-order chi connectivity index (χ1) is 8.80. The van der Waals surface area contributed by atoms with Crippen molar-refractivity contribution in [2.24, 2.45) is 5.73 Å². The van der Waals surface area contributed by atoms with Crippen LogP contribution in [0.1, 0.15) is 16.1 Å². The third-order valence-corrected chi connectivity index (χ3v) is 2.26. The van der Waals surface area contributed by atoms with Crippen molar-refractivity contribution >= 4 is 5.91 Å². The second-order valence-corrected chi connectivity index (χ2v) is 3.52. The van der Waals surface area contributed by atoms with E-state index in [1.165, 1.54) is 0 Å². The van der Waals surface area contributed by atoms with Crippen LogP contribution in [0, 0.1) is 5.95 Å². The third-order valence-electron chi connectivity index (χ3n) is 2.26. The van der Waals surface area contributed by atoms with Crippen LogP contribution >= 0.6 is 0 Å². The van der Waals surface area contributed by atoms with E-state index in [2.05, 4.69) is 10.1 Å². The number of primary amides is 1. The lowest BCUT2D eigenvalue weighted by Gasteiger charge is -2.11. The van der Waals surface area contributed by atoms with Gasteiger partial charge in [-0.3, -0.25) is 4.79 Å². The SMILES string of the molecule is NC(=O)c1cnn(-c2ccc(F)nc2)c1C(F)(F)F. The maximum atomic E-state index is 12.9. The van der Waals surface area contributed by atoms with E-state index in [1.54, 1.807) is 0 Å². The summed E-state index contributed by atoms with van der Waals surface area (Å²) in [5, 5.41) is 3.44. The molecule has 0 saturated carbocycles. The van der Waals surface area contributed by atoms with Gasteiger partial charge in [-0.25, -0.2) is 9.67 Å². The molecule has 0 saturated heterocycles. The molecule has 2 N–H and O–H groups in total. The average molecular weight is 274 g/mol. The summed E-state index contributed by atoms with van der Waals surface area (Å²) in [6.07, 6.45) is -3.27. The molecule has 0 aliphatic heterocycles. The van der Waals surface area contributed by atoms with Gasteiger partial charge in [-0.05, 0) is 12.1 Å². The number of alkyl halides is 3. The lowest BCUT2D eigenvalue weighted by molar-refractivity contribution is -0.143. The Bertz CT molecular complexity index is 617. The fourth-order valence-electron chi connectivity index (χ4n) is 1.49. The van der Waals surface area contributed by atoms with Crippen LogP contribution in [0.3, 0.4) is 0 Å². The summed E-state index contributed by atoms with van der Waals surface area (Å²) in [4.78, 5) is 14.2. The summed E-state index contributed by atoms with van der Waals surface area (Å²) < 4.78 is 51.8. The van der Waals surface area contributed by atoms with Gasteiger partial charge in [0.05, 0.1) is 23.6 Å². The van der Waals surface area contributed by atoms with Gasteiger partial charge in [-0.2, -0.15) is 22.7 Å². The number of carbonyl (C=O) groups excluding carboxylic acids is 1. The monoisotopic (exact) mass is 274 g/mol. The molecule has 0 spiro atoms. The molecule has 0 bridgehead atoms. The minimum absolute atomic E-state index is 0.138. The molecule has 0 radical (unpaired) electrons. The Labute approximate surface area is 103 Å². The number of halogens is 4. The molecule has 0 atom stereocenters. The Kier molecular flexibility index (Phi) is 2.97. The first-order valence-electron chi connectivity index (χ1n) is 4.87. The summed E-state index contributed by atoms with van der Waals surface area (Å²) in [7, 11) is 0. The van der Waals surface area contributed by atoms with E-state index < -0.39 is 29.3 Å². The molecule has 100 valence electrons. The number of nitrogens with two attached hydrogens (primary N) is 1. The van der Waals surface area contributed by atoms with Crippen LogP contribution < -0.4 is 5.73 Å². The van der Waals surface area contributed by atoms with Crippen molar-refractivity contribution in [3.05, 3.63) is 41.7 Å². The normalized spacial score (nSPS) is 11.6. The number of hydrogen-bond acceptors (Lipinski definition) is 3. The molecular weight excluding hydrogens is 268 g/mol. The van der Waals surface area contributed by atoms with Crippen LogP contribution in [0.5, 0.6) is 0 Å². The number of carbonyl (C=O) groups is 1. The van der Waals surface area contributed by atoms with Crippen molar-refractivity contribution in [3.8, 4) is 5.69 Å². The number of nitrogens with zero attached hydrogens (tertiary/aromatic N) is 3. The Morgan fingerprint density at radius 3 is 2.42 bits per heavy atom. The average Bonchev–Trinajstić information content (AvgIpc) is 2.74. The zero-order chi connectivity index (χ0) is 14.2. The molecular formula is C10H6F4N4O. The number of pyridine rings is 1. The Morgan fingerprint density at radius 2 is 1.95 bits per heavy atom. The first kappa shape index (κ1) is 13.0. The minimum Gasteiger partial charge on any atom is -0.365 e. The molecule has 5 nitrogen and oxygen atoms in total. The van der Waals surface area contributed by atoms with Gasteiger partial charge < -0.3 is 5.73 Å². The molecule has 0 aromatic carbocycles. The fraction of sp³-hybridized carbons (Fsp3) is 0.100. The lowest BCUT2D eigenvalue weighted by Crippen LogP contribution is -2.20. The molecule has 2 aromatic rings. The van der Waals surface area contributed by atoms with Gasteiger partial charge in [0.1, 0.15) is 0 Å². The minimum atomic E-state index is -4.84. The summed E-state index contributed by atoms with van der Waals surface area (Å²) >= 11 is 0. The summed E-state index contributed by atoms with van der Waals surface area (Å²) in [6, 6.07) is 1.93. The quantitative estimate of drug-likeness (QED) is 0.666. The van der Waals surface area contributed by atoms with Crippen LogP contribution in [0.25, 0.3) is 5.69 Å². The van der Waals surface area contributed by atoms with E-state index in [1.807, 2.05) is 0 Å². The largest absolute Gasteiger partial charge is 0.434 e. The van der Waals surface area contributed by atoms with Crippen molar-refractivity contribution < 1.29 is 22.4 Å². The molecule has 1 amide bonds. The molecule has 0 fully saturated rings. The lowest BCUT2D eigenvalue weighted by atomic mass is 10.2. The van der Waals surface area contributed by atoms with Gasteiger partial charge in [0.25, 0.3) is 5.91 Å². The van der Waals surface area contributed by atoms with Gasteiger partial charge in [-0.1, -0.05) is 0 Å². The number of aromatic nitrogens is 3. The second kappa shape index (κ2) is 4.34. The van der Waals surface area contributed by atoms with E-state index >= 15 is 0 Å². The highest BCUT2D eigenvalue weighted by Gasteiger charge is 2.40.